The van der Waals surface area contributed by atoms with E-state index >= 15 is 0 Å². The molecule has 0 bridgehead atoms. The van der Waals surface area contributed by atoms with Crippen LogP contribution in [0.4, 0.5) is 0 Å². The zero-order valence-corrected chi connectivity index (χ0v) is 23.2. The molecule has 3 aromatic carbocycles. The molecule has 0 saturated carbocycles. The zero-order valence-electron chi connectivity index (χ0n) is 23.2. The highest BCUT2D eigenvalue weighted by Gasteiger charge is 2.17. The Morgan fingerprint density at radius 1 is 0.897 bits per heavy atom. The van der Waals surface area contributed by atoms with E-state index in [-0.39, 0.29) is 5.91 Å². The van der Waals surface area contributed by atoms with Gasteiger partial charge in [-0.2, -0.15) is 0 Å². The summed E-state index contributed by atoms with van der Waals surface area (Å²) in [6.45, 7) is 4.13. The largest absolute Gasteiger partial charge is 0.494 e. The Labute approximate surface area is 229 Å². The number of nitrogens with zero attached hydrogens (tertiary/aromatic N) is 2. The Bertz CT molecular complexity index is 1360. The van der Waals surface area contributed by atoms with Crippen LogP contribution in [0.1, 0.15) is 41.0 Å². The normalized spacial score (nSPS) is 10.9. The number of imidazole rings is 1. The van der Waals surface area contributed by atoms with E-state index in [9.17, 15) is 4.79 Å². The van der Waals surface area contributed by atoms with Gasteiger partial charge in [-0.3, -0.25) is 4.79 Å². The third-order valence-corrected chi connectivity index (χ3v) is 6.59. The summed E-state index contributed by atoms with van der Waals surface area (Å²) in [5, 5.41) is 3.00. The Morgan fingerprint density at radius 2 is 1.62 bits per heavy atom. The summed E-state index contributed by atoms with van der Waals surface area (Å²) in [7, 11) is 4.59. The van der Waals surface area contributed by atoms with Crippen molar-refractivity contribution in [2.75, 3.05) is 34.5 Å². The van der Waals surface area contributed by atoms with Crippen molar-refractivity contribution in [2.24, 2.45) is 0 Å². The van der Waals surface area contributed by atoms with Gasteiger partial charge in [0.1, 0.15) is 11.6 Å². The third kappa shape index (κ3) is 7.02. The minimum absolute atomic E-state index is 0.198. The van der Waals surface area contributed by atoms with Crippen molar-refractivity contribution in [2.45, 2.75) is 39.2 Å². The van der Waals surface area contributed by atoms with Gasteiger partial charge in [-0.1, -0.05) is 29.8 Å². The maximum Gasteiger partial charge on any atom is 0.251 e. The van der Waals surface area contributed by atoms with Crippen LogP contribution < -0.4 is 24.3 Å². The molecule has 1 N–H and O–H groups in total. The molecule has 0 aliphatic carbocycles. The fourth-order valence-corrected chi connectivity index (χ4v) is 4.52. The van der Waals surface area contributed by atoms with Gasteiger partial charge in [0.2, 0.25) is 5.75 Å². The van der Waals surface area contributed by atoms with E-state index in [1.54, 1.807) is 12.1 Å². The van der Waals surface area contributed by atoms with E-state index in [1.165, 1.54) is 26.9 Å². The molecule has 0 radical (unpaired) electrons. The molecule has 4 aromatic rings. The molecule has 4 rings (SSSR count). The maximum absolute atomic E-state index is 12.8. The van der Waals surface area contributed by atoms with E-state index in [1.807, 2.05) is 30.3 Å². The smallest absolute Gasteiger partial charge is 0.251 e. The fraction of sp³-hybridized carbons (Fsp3) is 0.355. The van der Waals surface area contributed by atoms with Crippen LogP contribution in [0.2, 0.25) is 0 Å². The van der Waals surface area contributed by atoms with Gasteiger partial charge in [0.05, 0.1) is 39.0 Å². The minimum atomic E-state index is -0.198. The number of hydrogen-bond acceptors (Lipinski definition) is 6. The summed E-state index contributed by atoms with van der Waals surface area (Å²) >= 11 is 0. The highest BCUT2D eigenvalue weighted by molar-refractivity contribution is 5.95. The highest BCUT2D eigenvalue weighted by atomic mass is 16.5. The van der Waals surface area contributed by atoms with Crippen molar-refractivity contribution in [1.82, 2.24) is 14.9 Å². The number of aryl methyl sites for hydroxylation is 3. The van der Waals surface area contributed by atoms with E-state index < -0.39 is 0 Å². The van der Waals surface area contributed by atoms with Crippen LogP contribution in [0.5, 0.6) is 23.0 Å². The maximum atomic E-state index is 12.8. The van der Waals surface area contributed by atoms with Crippen molar-refractivity contribution in [3.8, 4) is 23.0 Å². The van der Waals surface area contributed by atoms with E-state index in [0.717, 1.165) is 54.8 Å². The summed E-state index contributed by atoms with van der Waals surface area (Å²) in [4.78, 5) is 17.7. The average Bonchev–Trinajstić information content (AvgIpc) is 3.32. The number of rotatable bonds is 14. The van der Waals surface area contributed by atoms with Gasteiger partial charge in [0.25, 0.3) is 5.91 Å². The number of carbonyl (C=O) groups excluding carboxylic acids is 1. The summed E-state index contributed by atoms with van der Waals surface area (Å²) in [5.74, 6) is 3.08. The SMILES string of the molecule is COc1cc(C(=O)NCCCc2nc3ccccc3n2CCCCOc2ccc(C)cc2)cc(OC)c1OC. The van der Waals surface area contributed by atoms with Gasteiger partial charge in [-0.25, -0.2) is 4.98 Å². The number of ether oxygens (including phenoxy) is 4. The summed E-state index contributed by atoms with van der Waals surface area (Å²) in [5.41, 5.74) is 3.80. The van der Waals surface area contributed by atoms with E-state index in [4.69, 9.17) is 23.9 Å². The molecule has 8 heteroatoms. The molecular weight excluding hydrogens is 494 g/mol. The number of benzene rings is 3. The lowest BCUT2D eigenvalue weighted by Crippen LogP contribution is -2.25. The number of carbonyl (C=O) groups is 1. The Kier molecular flexibility index (Phi) is 9.67. The molecule has 39 heavy (non-hydrogen) atoms. The van der Waals surface area contributed by atoms with Gasteiger partial charge in [0, 0.05) is 25.1 Å². The van der Waals surface area contributed by atoms with Crippen LogP contribution in [0.3, 0.4) is 0 Å². The molecule has 1 amide bonds. The third-order valence-electron chi connectivity index (χ3n) is 6.59. The molecule has 1 heterocycles. The molecule has 1 aromatic heterocycles. The predicted octanol–water partition coefficient (Wildman–Crippen LogP) is 5.59. The topological polar surface area (TPSA) is 83.8 Å². The van der Waals surface area contributed by atoms with Crippen molar-refractivity contribution in [1.29, 1.82) is 0 Å². The number of fused-ring (bicyclic) bond motifs is 1. The first-order chi connectivity index (χ1) is 19.0. The molecule has 0 atom stereocenters. The molecule has 206 valence electrons. The van der Waals surface area contributed by atoms with Crippen molar-refractivity contribution < 1.29 is 23.7 Å². The van der Waals surface area contributed by atoms with Crippen molar-refractivity contribution in [3.63, 3.8) is 0 Å². The van der Waals surface area contributed by atoms with Crippen LogP contribution in [0.15, 0.2) is 60.7 Å². The van der Waals surface area contributed by atoms with Crippen molar-refractivity contribution in [3.05, 3.63) is 77.6 Å². The van der Waals surface area contributed by atoms with Gasteiger partial charge < -0.3 is 28.8 Å². The average molecular weight is 532 g/mol. The lowest BCUT2D eigenvalue weighted by atomic mass is 10.1. The second-order valence-electron chi connectivity index (χ2n) is 9.31. The molecule has 0 unspecified atom stereocenters. The van der Waals surface area contributed by atoms with Gasteiger partial charge in [-0.15, -0.1) is 0 Å². The van der Waals surface area contributed by atoms with Crippen LogP contribution in [-0.2, 0) is 13.0 Å². The Morgan fingerprint density at radius 3 is 2.31 bits per heavy atom. The number of nitrogens with one attached hydrogen (secondary N) is 1. The Hall–Kier alpha value is -4.20. The monoisotopic (exact) mass is 531 g/mol. The number of methoxy groups -OCH3 is 3. The second kappa shape index (κ2) is 13.6. The van der Waals surface area contributed by atoms with Crippen LogP contribution in [0.25, 0.3) is 11.0 Å². The van der Waals surface area contributed by atoms with E-state index in [2.05, 4.69) is 35.0 Å². The first-order valence-corrected chi connectivity index (χ1v) is 13.3. The summed E-state index contributed by atoms with van der Waals surface area (Å²) in [6, 6.07) is 19.7. The number of unbranched alkanes of at least 4 members (excludes halogenated alkanes) is 1. The summed E-state index contributed by atoms with van der Waals surface area (Å²) in [6.07, 6.45) is 3.45. The Balaban J connectivity index is 1.32. The van der Waals surface area contributed by atoms with Gasteiger partial charge >= 0.3 is 0 Å². The van der Waals surface area contributed by atoms with Gasteiger partial charge in [0.15, 0.2) is 11.5 Å². The van der Waals surface area contributed by atoms with Crippen LogP contribution in [0, 0.1) is 6.92 Å². The molecule has 0 saturated heterocycles. The number of para-hydroxylation sites is 2. The standard InChI is InChI=1S/C31H37N3O5/c1-22-13-15-24(16-14-22)39-19-8-7-18-34-26-11-6-5-10-25(26)33-29(34)12-9-17-32-31(35)23-20-27(36-2)30(38-4)28(21-23)37-3/h5-6,10-11,13-16,20-21H,7-9,12,17-19H2,1-4H3,(H,32,35). The molecule has 0 spiro atoms. The second-order valence-corrected chi connectivity index (χ2v) is 9.31. The highest BCUT2D eigenvalue weighted by Crippen LogP contribution is 2.38. The van der Waals surface area contributed by atoms with Crippen molar-refractivity contribution >= 4 is 16.9 Å². The van der Waals surface area contributed by atoms with Gasteiger partial charge in [-0.05, 0) is 62.6 Å². The molecule has 8 nitrogen and oxygen atoms in total. The minimum Gasteiger partial charge on any atom is -0.494 e. The number of aromatic nitrogens is 2. The number of amides is 1. The van der Waals surface area contributed by atoms with Crippen LogP contribution in [-0.4, -0.2) is 49.9 Å². The molecule has 0 aliphatic rings. The van der Waals surface area contributed by atoms with E-state index in [0.29, 0.717) is 36.0 Å². The molecule has 0 fully saturated rings. The summed E-state index contributed by atoms with van der Waals surface area (Å²) < 4.78 is 24.3. The lowest BCUT2D eigenvalue weighted by Gasteiger charge is -2.14. The molecular formula is C31H37N3O5. The van der Waals surface area contributed by atoms with Crippen LogP contribution >= 0.6 is 0 Å². The first-order valence-electron chi connectivity index (χ1n) is 13.3. The first kappa shape index (κ1) is 27.8. The molecule has 0 aliphatic heterocycles. The number of hydrogen-bond donors (Lipinski definition) is 1. The zero-order chi connectivity index (χ0) is 27.6. The lowest BCUT2D eigenvalue weighted by molar-refractivity contribution is 0.0952. The quantitative estimate of drug-likeness (QED) is 0.214. The fourth-order valence-electron chi connectivity index (χ4n) is 4.52. The predicted molar refractivity (Wildman–Crippen MR) is 152 cm³/mol.